The first-order chi connectivity index (χ1) is 8.80. The van der Waals surface area contributed by atoms with Gasteiger partial charge in [0.1, 0.15) is 0 Å². The number of aryl methyl sites for hydroxylation is 1. The minimum absolute atomic E-state index is 0.640. The molecule has 1 aromatic rings. The summed E-state index contributed by atoms with van der Waals surface area (Å²) in [6.45, 7) is 6.77. The van der Waals surface area contributed by atoms with Crippen LogP contribution in [0, 0.1) is 0 Å². The standard InChI is InChI=1S/C17H29N/c1-4-7-10-15-11-13-17(14-12-15)18-16(8-5-2)9-6-3/h11-14,16,18H,4-10H2,1-3H3. The van der Waals surface area contributed by atoms with Crippen molar-refractivity contribution in [1.29, 1.82) is 0 Å². The minimum atomic E-state index is 0.640. The molecular formula is C17H29N. The van der Waals surface area contributed by atoms with Crippen LogP contribution >= 0.6 is 0 Å². The number of benzene rings is 1. The van der Waals surface area contributed by atoms with Gasteiger partial charge < -0.3 is 5.32 Å². The van der Waals surface area contributed by atoms with Crippen molar-refractivity contribution in [3.8, 4) is 0 Å². The molecule has 0 spiro atoms. The van der Waals surface area contributed by atoms with E-state index < -0.39 is 0 Å². The lowest BCUT2D eigenvalue weighted by molar-refractivity contribution is 0.586. The predicted octanol–water partition coefficient (Wildman–Crippen LogP) is 5.41. The smallest absolute Gasteiger partial charge is 0.0342 e. The molecule has 0 aromatic heterocycles. The fraction of sp³-hybridized carbons (Fsp3) is 0.647. The van der Waals surface area contributed by atoms with Crippen LogP contribution in [0.2, 0.25) is 0 Å². The summed E-state index contributed by atoms with van der Waals surface area (Å²) in [6.07, 6.45) is 8.83. The molecule has 18 heavy (non-hydrogen) atoms. The van der Waals surface area contributed by atoms with Gasteiger partial charge in [0.15, 0.2) is 0 Å². The van der Waals surface area contributed by atoms with Crippen molar-refractivity contribution in [3.05, 3.63) is 29.8 Å². The molecule has 1 nitrogen and oxygen atoms in total. The minimum Gasteiger partial charge on any atom is -0.382 e. The van der Waals surface area contributed by atoms with Gasteiger partial charge in [-0.2, -0.15) is 0 Å². The summed E-state index contributed by atoms with van der Waals surface area (Å²) in [5.41, 5.74) is 2.74. The highest BCUT2D eigenvalue weighted by atomic mass is 14.9. The van der Waals surface area contributed by atoms with Crippen molar-refractivity contribution in [2.24, 2.45) is 0 Å². The first kappa shape index (κ1) is 15.1. The average molecular weight is 247 g/mol. The topological polar surface area (TPSA) is 12.0 Å². The zero-order valence-corrected chi connectivity index (χ0v) is 12.3. The Labute approximate surface area is 113 Å². The molecule has 0 bridgehead atoms. The van der Waals surface area contributed by atoms with Gasteiger partial charge in [0.2, 0.25) is 0 Å². The number of hydrogen-bond acceptors (Lipinski definition) is 1. The number of hydrogen-bond donors (Lipinski definition) is 1. The van der Waals surface area contributed by atoms with E-state index in [0.29, 0.717) is 6.04 Å². The third kappa shape index (κ3) is 5.57. The molecule has 0 fully saturated rings. The van der Waals surface area contributed by atoms with Gasteiger partial charge >= 0.3 is 0 Å². The average Bonchev–Trinajstić information content (AvgIpc) is 2.38. The van der Waals surface area contributed by atoms with Crippen LogP contribution in [0.3, 0.4) is 0 Å². The molecule has 0 saturated carbocycles. The largest absolute Gasteiger partial charge is 0.382 e. The Morgan fingerprint density at radius 3 is 2.00 bits per heavy atom. The highest BCUT2D eigenvalue weighted by Gasteiger charge is 2.05. The number of anilines is 1. The van der Waals surface area contributed by atoms with Gasteiger partial charge in [-0.25, -0.2) is 0 Å². The third-order valence-corrected chi connectivity index (χ3v) is 3.42. The van der Waals surface area contributed by atoms with Crippen molar-refractivity contribution < 1.29 is 0 Å². The molecule has 0 heterocycles. The van der Waals surface area contributed by atoms with Gasteiger partial charge in [-0.1, -0.05) is 52.2 Å². The van der Waals surface area contributed by atoms with E-state index in [0.717, 1.165) is 0 Å². The Hall–Kier alpha value is -0.980. The van der Waals surface area contributed by atoms with Crippen LogP contribution in [0.4, 0.5) is 5.69 Å². The second kappa shape index (κ2) is 9.02. The van der Waals surface area contributed by atoms with E-state index in [1.807, 2.05) is 0 Å². The Balaban J connectivity index is 2.50. The van der Waals surface area contributed by atoms with Gasteiger partial charge in [-0.05, 0) is 43.4 Å². The van der Waals surface area contributed by atoms with Crippen LogP contribution in [-0.2, 0) is 6.42 Å². The van der Waals surface area contributed by atoms with Crippen LogP contribution in [0.1, 0.15) is 64.9 Å². The molecule has 1 rings (SSSR count). The Morgan fingerprint density at radius 2 is 1.50 bits per heavy atom. The monoisotopic (exact) mass is 247 g/mol. The van der Waals surface area contributed by atoms with E-state index in [1.54, 1.807) is 0 Å². The van der Waals surface area contributed by atoms with Gasteiger partial charge in [-0.15, -0.1) is 0 Å². The van der Waals surface area contributed by atoms with Gasteiger partial charge in [-0.3, -0.25) is 0 Å². The van der Waals surface area contributed by atoms with Gasteiger partial charge in [0.25, 0.3) is 0 Å². The predicted molar refractivity (Wildman–Crippen MR) is 82.3 cm³/mol. The van der Waals surface area contributed by atoms with Crippen LogP contribution < -0.4 is 5.32 Å². The van der Waals surface area contributed by atoms with Crippen LogP contribution in [-0.4, -0.2) is 6.04 Å². The second-order valence-corrected chi connectivity index (χ2v) is 5.22. The summed E-state index contributed by atoms with van der Waals surface area (Å²) in [7, 11) is 0. The normalized spacial score (nSPS) is 10.9. The fourth-order valence-corrected chi connectivity index (χ4v) is 2.37. The first-order valence-corrected chi connectivity index (χ1v) is 7.65. The first-order valence-electron chi connectivity index (χ1n) is 7.65. The lowest BCUT2D eigenvalue weighted by atomic mass is 10.1. The van der Waals surface area contributed by atoms with Crippen molar-refractivity contribution in [2.45, 2.75) is 71.8 Å². The van der Waals surface area contributed by atoms with Gasteiger partial charge in [0.05, 0.1) is 0 Å². The van der Waals surface area contributed by atoms with Crippen LogP contribution in [0.25, 0.3) is 0 Å². The molecule has 1 N–H and O–H groups in total. The lowest BCUT2D eigenvalue weighted by Gasteiger charge is -2.18. The number of nitrogens with one attached hydrogen (secondary N) is 1. The third-order valence-electron chi connectivity index (χ3n) is 3.42. The SMILES string of the molecule is CCCCc1ccc(NC(CCC)CCC)cc1. The fourth-order valence-electron chi connectivity index (χ4n) is 2.37. The molecule has 0 unspecified atom stereocenters. The second-order valence-electron chi connectivity index (χ2n) is 5.22. The molecule has 0 radical (unpaired) electrons. The molecule has 102 valence electrons. The summed E-state index contributed by atoms with van der Waals surface area (Å²) < 4.78 is 0. The highest BCUT2D eigenvalue weighted by Crippen LogP contribution is 2.16. The van der Waals surface area contributed by atoms with Gasteiger partial charge in [0, 0.05) is 11.7 Å². The molecule has 0 amide bonds. The summed E-state index contributed by atoms with van der Waals surface area (Å²) >= 11 is 0. The maximum absolute atomic E-state index is 3.66. The molecule has 0 saturated heterocycles. The molecule has 1 aromatic carbocycles. The van der Waals surface area contributed by atoms with Crippen LogP contribution in [0.5, 0.6) is 0 Å². The van der Waals surface area contributed by atoms with Crippen molar-refractivity contribution in [3.63, 3.8) is 0 Å². The quantitative estimate of drug-likeness (QED) is 0.615. The maximum Gasteiger partial charge on any atom is 0.0342 e. The molecule has 0 atom stereocenters. The van der Waals surface area contributed by atoms with E-state index in [1.165, 1.54) is 56.2 Å². The zero-order valence-electron chi connectivity index (χ0n) is 12.3. The molecular weight excluding hydrogens is 218 g/mol. The summed E-state index contributed by atoms with van der Waals surface area (Å²) in [5.74, 6) is 0. The number of rotatable bonds is 9. The Kier molecular flexibility index (Phi) is 7.55. The van der Waals surface area contributed by atoms with E-state index >= 15 is 0 Å². The highest BCUT2D eigenvalue weighted by molar-refractivity contribution is 5.45. The van der Waals surface area contributed by atoms with E-state index in [4.69, 9.17) is 0 Å². The lowest BCUT2D eigenvalue weighted by Crippen LogP contribution is -2.18. The summed E-state index contributed by atoms with van der Waals surface area (Å²) in [4.78, 5) is 0. The van der Waals surface area contributed by atoms with E-state index in [9.17, 15) is 0 Å². The maximum atomic E-state index is 3.66. The van der Waals surface area contributed by atoms with Crippen molar-refractivity contribution in [2.75, 3.05) is 5.32 Å². The summed E-state index contributed by atoms with van der Waals surface area (Å²) in [6, 6.07) is 9.66. The van der Waals surface area contributed by atoms with E-state index in [-0.39, 0.29) is 0 Å². The summed E-state index contributed by atoms with van der Waals surface area (Å²) in [5, 5.41) is 3.66. The Morgan fingerprint density at radius 1 is 0.889 bits per heavy atom. The van der Waals surface area contributed by atoms with Crippen molar-refractivity contribution >= 4 is 5.69 Å². The number of unbranched alkanes of at least 4 members (excludes halogenated alkanes) is 1. The zero-order chi connectivity index (χ0) is 13.2. The van der Waals surface area contributed by atoms with Crippen molar-refractivity contribution in [1.82, 2.24) is 0 Å². The molecule has 1 heteroatoms. The molecule has 0 aliphatic heterocycles. The molecule has 0 aliphatic rings. The molecule has 0 aliphatic carbocycles. The Bertz CT molecular complexity index is 296. The van der Waals surface area contributed by atoms with E-state index in [2.05, 4.69) is 50.4 Å². The van der Waals surface area contributed by atoms with Crippen LogP contribution in [0.15, 0.2) is 24.3 Å².